The zero-order chi connectivity index (χ0) is 14.5. The van der Waals surface area contributed by atoms with Crippen LogP contribution >= 0.6 is 0 Å². The van der Waals surface area contributed by atoms with E-state index in [0.29, 0.717) is 19.0 Å². The average Bonchev–Trinajstić information content (AvgIpc) is 2.95. The first-order chi connectivity index (χ1) is 9.65. The lowest BCUT2D eigenvalue weighted by atomic mass is 9.95. The van der Waals surface area contributed by atoms with E-state index in [9.17, 15) is 4.79 Å². The van der Waals surface area contributed by atoms with Crippen LogP contribution in [-0.4, -0.2) is 31.5 Å². The minimum atomic E-state index is 0.107. The van der Waals surface area contributed by atoms with Crippen LogP contribution in [0.2, 0.25) is 0 Å². The summed E-state index contributed by atoms with van der Waals surface area (Å²) in [4.78, 5) is 14.3. The maximum absolute atomic E-state index is 12.5. The molecule has 0 bridgehead atoms. The molecule has 1 aromatic carbocycles. The number of hydrogen-bond acceptors (Lipinski definition) is 3. The molecule has 0 heterocycles. The van der Waals surface area contributed by atoms with Gasteiger partial charge in [-0.05, 0) is 43.0 Å². The van der Waals surface area contributed by atoms with E-state index in [4.69, 9.17) is 10.5 Å². The summed E-state index contributed by atoms with van der Waals surface area (Å²) in [7, 11) is 3.52. The third-order valence-electron chi connectivity index (χ3n) is 4.21. The van der Waals surface area contributed by atoms with E-state index in [1.54, 1.807) is 7.11 Å². The van der Waals surface area contributed by atoms with Crippen molar-refractivity contribution in [1.29, 1.82) is 0 Å². The molecule has 1 amide bonds. The molecule has 1 saturated carbocycles. The highest BCUT2D eigenvalue weighted by molar-refractivity contribution is 5.79. The normalized spacial score (nSPS) is 21.8. The van der Waals surface area contributed by atoms with Gasteiger partial charge in [0.25, 0.3) is 0 Å². The summed E-state index contributed by atoms with van der Waals surface area (Å²) in [5, 5.41) is 0. The Morgan fingerprint density at radius 3 is 2.95 bits per heavy atom. The molecule has 2 rings (SSSR count). The van der Waals surface area contributed by atoms with Gasteiger partial charge in [0.1, 0.15) is 5.75 Å². The number of carbonyl (C=O) groups excluding carboxylic acids is 1. The number of benzene rings is 1. The smallest absolute Gasteiger partial charge is 0.226 e. The highest BCUT2D eigenvalue weighted by Crippen LogP contribution is 2.32. The SMILES string of the molecule is COc1cccc(CN(C)C(=O)C2CCCC2CN)c1. The van der Waals surface area contributed by atoms with Crippen molar-refractivity contribution < 1.29 is 9.53 Å². The lowest BCUT2D eigenvalue weighted by Gasteiger charge is -2.24. The van der Waals surface area contributed by atoms with E-state index in [2.05, 4.69) is 0 Å². The van der Waals surface area contributed by atoms with Gasteiger partial charge in [0, 0.05) is 19.5 Å². The van der Waals surface area contributed by atoms with Gasteiger partial charge in [-0.25, -0.2) is 0 Å². The van der Waals surface area contributed by atoms with Crippen molar-refractivity contribution in [3.05, 3.63) is 29.8 Å². The highest BCUT2D eigenvalue weighted by Gasteiger charge is 2.33. The standard InChI is InChI=1S/C16H24N2O2/c1-18(11-12-5-3-7-14(9-12)20-2)16(19)15-8-4-6-13(15)10-17/h3,5,7,9,13,15H,4,6,8,10-11,17H2,1-2H3. The number of rotatable bonds is 5. The van der Waals surface area contributed by atoms with E-state index in [1.165, 1.54) is 0 Å². The summed E-state index contributed by atoms with van der Waals surface area (Å²) in [6.07, 6.45) is 3.17. The van der Waals surface area contributed by atoms with Crippen LogP contribution in [0.15, 0.2) is 24.3 Å². The maximum atomic E-state index is 12.5. The van der Waals surface area contributed by atoms with Crippen LogP contribution in [-0.2, 0) is 11.3 Å². The van der Waals surface area contributed by atoms with Gasteiger partial charge in [-0.15, -0.1) is 0 Å². The Labute approximate surface area is 120 Å². The number of ether oxygens (including phenoxy) is 1. The molecule has 0 saturated heterocycles. The summed E-state index contributed by atoms with van der Waals surface area (Å²) < 4.78 is 5.21. The van der Waals surface area contributed by atoms with Crippen molar-refractivity contribution in [3.8, 4) is 5.75 Å². The molecule has 4 nitrogen and oxygen atoms in total. The monoisotopic (exact) mass is 276 g/mol. The first-order valence-electron chi connectivity index (χ1n) is 7.23. The molecule has 20 heavy (non-hydrogen) atoms. The summed E-state index contributed by atoms with van der Waals surface area (Å²) in [5.41, 5.74) is 6.85. The maximum Gasteiger partial charge on any atom is 0.226 e. The van der Waals surface area contributed by atoms with E-state index in [-0.39, 0.29) is 11.8 Å². The van der Waals surface area contributed by atoms with Gasteiger partial charge in [0.15, 0.2) is 0 Å². The van der Waals surface area contributed by atoms with Crippen molar-refractivity contribution >= 4 is 5.91 Å². The molecule has 1 aromatic rings. The number of carbonyl (C=O) groups is 1. The van der Waals surface area contributed by atoms with Gasteiger partial charge in [0.2, 0.25) is 5.91 Å². The summed E-state index contributed by atoms with van der Waals surface area (Å²) in [5.74, 6) is 1.51. The predicted octanol–water partition coefficient (Wildman–Crippen LogP) is 2.03. The number of hydrogen-bond donors (Lipinski definition) is 1. The van der Waals surface area contributed by atoms with E-state index < -0.39 is 0 Å². The number of nitrogens with zero attached hydrogens (tertiary/aromatic N) is 1. The fraction of sp³-hybridized carbons (Fsp3) is 0.562. The van der Waals surface area contributed by atoms with Crippen LogP contribution in [0.25, 0.3) is 0 Å². The van der Waals surface area contributed by atoms with Crippen LogP contribution < -0.4 is 10.5 Å². The fourth-order valence-corrected chi connectivity index (χ4v) is 3.05. The topological polar surface area (TPSA) is 55.6 Å². The molecule has 2 atom stereocenters. The average molecular weight is 276 g/mol. The first-order valence-corrected chi connectivity index (χ1v) is 7.23. The molecule has 1 aliphatic carbocycles. The third kappa shape index (κ3) is 3.31. The van der Waals surface area contributed by atoms with Gasteiger partial charge in [-0.2, -0.15) is 0 Å². The Bertz CT molecular complexity index is 462. The molecular weight excluding hydrogens is 252 g/mol. The lowest BCUT2D eigenvalue weighted by molar-refractivity contribution is -0.135. The predicted molar refractivity (Wildman–Crippen MR) is 79.4 cm³/mol. The van der Waals surface area contributed by atoms with Gasteiger partial charge in [0.05, 0.1) is 7.11 Å². The van der Waals surface area contributed by atoms with E-state index in [1.807, 2.05) is 36.2 Å². The number of nitrogens with two attached hydrogens (primary N) is 1. The Hall–Kier alpha value is -1.55. The Balaban J connectivity index is 2.00. The molecule has 110 valence electrons. The molecule has 2 N–H and O–H groups in total. The molecule has 1 fully saturated rings. The quantitative estimate of drug-likeness (QED) is 0.895. The van der Waals surface area contributed by atoms with Crippen LogP contribution in [0.5, 0.6) is 5.75 Å². The third-order valence-corrected chi connectivity index (χ3v) is 4.21. The molecular formula is C16H24N2O2. The second-order valence-electron chi connectivity index (χ2n) is 5.58. The Kier molecular flexibility index (Phi) is 5.01. The van der Waals surface area contributed by atoms with Gasteiger partial charge < -0.3 is 15.4 Å². The van der Waals surface area contributed by atoms with E-state index in [0.717, 1.165) is 30.6 Å². The van der Waals surface area contributed by atoms with Crippen LogP contribution in [0.3, 0.4) is 0 Å². The van der Waals surface area contributed by atoms with Crippen molar-refractivity contribution in [2.75, 3.05) is 20.7 Å². The molecule has 1 aliphatic rings. The Morgan fingerprint density at radius 1 is 1.45 bits per heavy atom. The molecule has 4 heteroatoms. The van der Waals surface area contributed by atoms with Crippen LogP contribution in [0, 0.1) is 11.8 Å². The van der Waals surface area contributed by atoms with Crippen LogP contribution in [0.1, 0.15) is 24.8 Å². The van der Waals surface area contributed by atoms with Crippen molar-refractivity contribution in [2.45, 2.75) is 25.8 Å². The summed E-state index contributed by atoms with van der Waals surface area (Å²) in [6, 6.07) is 7.84. The second kappa shape index (κ2) is 6.75. The molecule has 0 aliphatic heterocycles. The second-order valence-corrected chi connectivity index (χ2v) is 5.58. The largest absolute Gasteiger partial charge is 0.497 e. The molecule has 0 spiro atoms. The van der Waals surface area contributed by atoms with Crippen molar-refractivity contribution in [1.82, 2.24) is 4.90 Å². The van der Waals surface area contributed by atoms with Crippen molar-refractivity contribution in [3.63, 3.8) is 0 Å². The molecule has 2 unspecified atom stereocenters. The summed E-state index contributed by atoms with van der Waals surface area (Å²) in [6.45, 7) is 1.23. The zero-order valence-electron chi connectivity index (χ0n) is 12.3. The van der Waals surface area contributed by atoms with Crippen LogP contribution in [0.4, 0.5) is 0 Å². The minimum Gasteiger partial charge on any atom is -0.497 e. The zero-order valence-corrected chi connectivity index (χ0v) is 12.3. The highest BCUT2D eigenvalue weighted by atomic mass is 16.5. The number of methoxy groups -OCH3 is 1. The minimum absolute atomic E-state index is 0.107. The van der Waals surface area contributed by atoms with E-state index >= 15 is 0 Å². The fourth-order valence-electron chi connectivity index (χ4n) is 3.05. The first kappa shape index (κ1) is 14.9. The molecule has 0 aromatic heterocycles. The lowest BCUT2D eigenvalue weighted by Crippen LogP contribution is -2.36. The van der Waals surface area contributed by atoms with Gasteiger partial charge in [-0.3, -0.25) is 4.79 Å². The number of amides is 1. The van der Waals surface area contributed by atoms with Gasteiger partial charge in [-0.1, -0.05) is 18.6 Å². The molecule has 0 radical (unpaired) electrons. The van der Waals surface area contributed by atoms with Crippen molar-refractivity contribution in [2.24, 2.45) is 17.6 Å². The van der Waals surface area contributed by atoms with Gasteiger partial charge >= 0.3 is 0 Å². The summed E-state index contributed by atoms with van der Waals surface area (Å²) >= 11 is 0. The Morgan fingerprint density at radius 2 is 2.25 bits per heavy atom.